The summed E-state index contributed by atoms with van der Waals surface area (Å²) in [5, 5.41) is 3.41. The summed E-state index contributed by atoms with van der Waals surface area (Å²) in [4.78, 5) is 12.3. The first-order chi connectivity index (χ1) is 8.77. The molecule has 4 rings (SSSR count). The summed E-state index contributed by atoms with van der Waals surface area (Å²) < 4.78 is 0. The lowest BCUT2D eigenvalue weighted by Crippen LogP contribution is -2.65. The zero-order valence-corrected chi connectivity index (χ0v) is 12.6. The monoisotopic (exact) mass is 264 g/mol. The van der Waals surface area contributed by atoms with Gasteiger partial charge in [0.25, 0.3) is 0 Å². The van der Waals surface area contributed by atoms with Gasteiger partial charge in [0.15, 0.2) is 0 Å². The van der Waals surface area contributed by atoms with E-state index in [4.69, 9.17) is 5.73 Å². The van der Waals surface area contributed by atoms with Gasteiger partial charge in [-0.1, -0.05) is 20.8 Å². The van der Waals surface area contributed by atoms with Crippen LogP contribution >= 0.6 is 0 Å². The normalized spacial score (nSPS) is 49.2. The van der Waals surface area contributed by atoms with Crippen LogP contribution in [-0.2, 0) is 4.79 Å². The van der Waals surface area contributed by atoms with Crippen molar-refractivity contribution >= 4 is 5.91 Å². The maximum absolute atomic E-state index is 12.3. The first kappa shape index (κ1) is 13.4. The molecule has 0 saturated heterocycles. The largest absolute Gasteiger partial charge is 0.350 e. The number of rotatable bonds is 3. The van der Waals surface area contributed by atoms with Crippen LogP contribution in [0.15, 0.2) is 0 Å². The summed E-state index contributed by atoms with van der Waals surface area (Å²) in [5.74, 6) is 0.921. The SMILES string of the molecule is CC(CN)C(=O)NC12CC3CC(C)(CC(C)(C3)C1)C2. The van der Waals surface area contributed by atoms with Crippen molar-refractivity contribution in [3.8, 4) is 0 Å². The minimum Gasteiger partial charge on any atom is -0.350 e. The van der Waals surface area contributed by atoms with Gasteiger partial charge >= 0.3 is 0 Å². The molecule has 4 saturated carbocycles. The van der Waals surface area contributed by atoms with Crippen LogP contribution in [0.25, 0.3) is 0 Å². The highest BCUT2D eigenvalue weighted by Gasteiger charge is 2.60. The highest BCUT2D eigenvalue weighted by atomic mass is 16.2. The molecule has 4 aliphatic carbocycles. The summed E-state index contributed by atoms with van der Waals surface area (Å²) in [5.41, 5.74) is 6.61. The van der Waals surface area contributed by atoms with Crippen molar-refractivity contribution in [3.05, 3.63) is 0 Å². The van der Waals surface area contributed by atoms with E-state index in [2.05, 4.69) is 19.2 Å². The lowest BCUT2D eigenvalue weighted by Gasteiger charge is -2.65. The number of hydrogen-bond acceptors (Lipinski definition) is 2. The van der Waals surface area contributed by atoms with Crippen molar-refractivity contribution in [2.24, 2.45) is 28.4 Å². The van der Waals surface area contributed by atoms with E-state index >= 15 is 0 Å². The Kier molecular flexibility index (Phi) is 2.80. The molecule has 0 aromatic heterocycles. The third kappa shape index (κ3) is 2.20. The Labute approximate surface area is 116 Å². The Bertz CT molecular complexity index is 388. The zero-order chi connectivity index (χ0) is 13.9. The number of amides is 1. The molecule has 0 aliphatic heterocycles. The molecule has 4 bridgehead atoms. The van der Waals surface area contributed by atoms with Crippen LogP contribution in [0.1, 0.15) is 59.3 Å². The van der Waals surface area contributed by atoms with E-state index in [1.807, 2.05) is 6.92 Å². The molecule has 0 aromatic rings. The molecule has 0 radical (unpaired) electrons. The summed E-state index contributed by atoms with van der Waals surface area (Å²) >= 11 is 0. The Morgan fingerprint density at radius 1 is 1.21 bits per heavy atom. The number of nitrogens with one attached hydrogen (secondary N) is 1. The summed E-state index contributed by atoms with van der Waals surface area (Å²) in [6, 6.07) is 0. The second-order valence-corrected chi connectivity index (χ2v) is 8.54. The molecule has 4 aliphatic rings. The van der Waals surface area contributed by atoms with Gasteiger partial charge in [-0.25, -0.2) is 0 Å². The maximum Gasteiger partial charge on any atom is 0.224 e. The highest BCUT2D eigenvalue weighted by Crippen LogP contribution is 2.66. The van der Waals surface area contributed by atoms with Gasteiger partial charge in [0.2, 0.25) is 5.91 Å². The number of carbonyl (C=O) groups is 1. The van der Waals surface area contributed by atoms with Crippen molar-refractivity contribution in [1.29, 1.82) is 0 Å². The second kappa shape index (κ2) is 3.97. The predicted octanol–water partition coefficient (Wildman–Crippen LogP) is 2.45. The average Bonchev–Trinajstić information content (AvgIpc) is 2.21. The fourth-order valence-corrected chi connectivity index (χ4v) is 6.08. The van der Waals surface area contributed by atoms with Crippen molar-refractivity contribution in [2.75, 3.05) is 6.54 Å². The molecule has 0 spiro atoms. The molecular weight excluding hydrogens is 236 g/mol. The lowest BCUT2D eigenvalue weighted by molar-refractivity contribution is -0.142. The van der Waals surface area contributed by atoms with Crippen molar-refractivity contribution in [3.63, 3.8) is 0 Å². The topological polar surface area (TPSA) is 55.1 Å². The van der Waals surface area contributed by atoms with Crippen LogP contribution in [-0.4, -0.2) is 18.0 Å². The lowest BCUT2D eigenvalue weighted by atomic mass is 9.42. The van der Waals surface area contributed by atoms with Gasteiger partial charge in [-0.15, -0.1) is 0 Å². The molecule has 0 aromatic carbocycles. The number of carbonyl (C=O) groups excluding carboxylic acids is 1. The zero-order valence-electron chi connectivity index (χ0n) is 12.6. The van der Waals surface area contributed by atoms with Crippen molar-refractivity contribution < 1.29 is 4.79 Å². The van der Waals surface area contributed by atoms with E-state index in [0.717, 1.165) is 5.92 Å². The molecule has 3 atom stereocenters. The summed E-state index contributed by atoms with van der Waals surface area (Å²) in [6.45, 7) is 7.24. The van der Waals surface area contributed by atoms with Crippen LogP contribution in [0, 0.1) is 22.7 Å². The second-order valence-electron chi connectivity index (χ2n) is 8.54. The third-order valence-corrected chi connectivity index (χ3v) is 5.82. The summed E-state index contributed by atoms with van der Waals surface area (Å²) in [7, 11) is 0. The van der Waals surface area contributed by atoms with E-state index in [9.17, 15) is 4.79 Å². The molecule has 19 heavy (non-hydrogen) atoms. The van der Waals surface area contributed by atoms with Crippen molar-refractivity contribution in [1.82, 2.24) is 5.32 Å². The first-order valence-corrected chi connectivity index (χ1v) is 7.79. The molecule has 3 unspecified atom stereocenters. The molecule has 0 heterocycles. The maximum atomic E-state index is 12.3. The Morgan fingerprint density at radius 2 is 1.79 bits per heavy atom. The van der Waals surface area contributed by atoms with Gasteiger partial charge in [0.05, 0.1) is 0 Å². The third-order valence-electron chi connectivity index (χ3n) is 5.82. The van der Waals surface area contributed by atoms with E-state index in [1.165, 1.54) is 38.5 Å². The smallest absolute Gasteiger partial charge is 0.224 e. The van der Waals surface area contributed by atoms with Crippen LogP contribution in [0.2, 0.25) is 0 Å². The fourth-order valence-electron chi connectivity index (χ4n) is 6.08. The first-order valence-electron chi connectivity index (χ1n) is 7.79. The van der Waals surface area contributed by atoms with E-state index < -0.39 is 0 Å². The molecule has 3 nitrogen and oxygen atoms in total. The van der Waals surface area contributed by atoms with E-state index in [0.29, 0.717) is 17.4 Å². The van der Waals surface area contributed by atoms with Crippen LogP contribution in [0.4, 0.5) is 0 Å². The molecule has 3 heteroatoms. The van der Waals surface area contributed by atoms with Gasteiger partial charge in [0, 0.05) is 18.0 Å². The van der Waals surface area contributed by atoms with Crippen LogP contribution in [0.5, 0.6) is 0 Å². The minimum atomic E-state index is -0.0615. The van der Waals surface area contributed by atoms with Gasteiger partial charge in [0.1, 0.15) is 0 Å². The van der Waals surface area contributed by atoms with Crippen molar-refractivity contribution in [2.45, 2.75) is 64.8 Å². The number of nitrogens with two attached hydrogens (primary N) is 1. The van der Waals surface area contributed by atoms with Gasteiger partial charge in [-0.05, 0) is 55.3 Å². The van der Waals surface area contributed by atoms with E-state index in [1.54, 1.807) is 0 Å². The molecule has 1 amide bonds. The quantitative estimate of drug-likeness (QED) is 0.822. The Morgan fingerprint density at radius 3 is 2.26 bits per heavy atom. The van der Waals surface area contributed by atoms with Crippen LogP contribution < -0.4 is 11.1 Å². The van der Waals surface area contributed by atoms with Gasteiger partial charge < -0.3 is 11.1 Å². The molecule has 4 fully saturated rings. The standard InChI is InChI=1S/C16H28N2O/c1-11(7-17)13(19)18-16-6-12-4-14(2,9-16)8-15(3,5-12)10-16/h11-12H,4-10,17H2,1-3H3,(H,18,19). The number of hydrogen-bond donors (Lipinski definition) is 2. The molecule has 108 valence electrons. The predicted molar refractivity (Wildman–Crippen MR) is 76.5 cm³/mol. The molecule has 3 N–H and O–H groups in total. The Balaban J connectivity index is 1.83. The minimum absolute atomic E-state index is 0.0615. The summed E-state index contributed by atoms with van der Waals surface area (Å²) in [6.07, 6.45) is 7.63. The average molecular weight is 264 g/mol. The Hall–Kier alpha value is -0.570. The fraction of sp³-hybridized carbons (Fsp3) is 0.938. The molecular formula is C16H28N2O. The van der Waals surface area contributed by atoms with E-state index in [-0.39, 0.29) is 17.4 Å². The van der Waals surface area contributed by atoms with Gasteiger partial charge in [-0.2, -0.15) is 0 Å². The highest BCUT2D eigenvalue weighted by molar-refractivity contribution is 5.79. The van der Waals surface area contributed by atoms with Gasteiger partial charge in [-0.3, -0.25) is 4.79 Å². The van der Waals surface area contributed by atoms with Crippen LogP contribution in [0.3, 0.4) is 0 Å².